The molecule has 0 saturated heterocycles. The first kappa shape index (κ1) is 19.2. The van der Waals surface area contributed by atoms with Gasteiger partial charge in [0.2, 0.25) is 13.8 Å². The number of rotatable bonds is 5. The maximum Gasteiger partial charge on any atom is 0.245 e. The zero-order valence-electron chi connectivity index (χ0n) is 14.1. The van der Waals surface area contributed by atoms with Crippen LogP contribution in [0, 0.1) is 22.7 Å². The van der Waals surface area contributed by atoms with E-state index in [2.05, 4.69) is 5.32 Å². The molecule has 2 atom stereocenters. The fourth-order valence-electron chi connectivity index (χ4n) is 2.14. The highest BCUT2D eigenvalue weighted by Gasteiger charge is 2.35. The van der Waals surface area contributed by atoms with Crippen molar-refractivity contribution < 1.29 is 9.59 Å². The van der Waals surface area contributed by atoms with Gasteiger partial charge in [0.15, 0.2) is 5.81 Å². The van der Waals surface area contributed by atoms with Crippen LogP contribution in [-0.4, -0.2) is 43.6 Å². The zero-order chi connectivity index (χ0) is 16.8. The second-order valence-electron chi connectivity index (χ2n) is 6.67. The Morgan fingerprint density at radius 1 is 1.33 bits per heavy atom. The topological polar surface area (TPSA) is 73.2 Å². The number of hydrogen-bond donors (Lipinski definition) is 1. The number of likely N-dealkylation sites (N-methyl/N-ethyl adjacent to an activating group) is 1. The molecule has 0 saturated carbocycles. The maximum atomic E-state index is 12.7. The first-order valence-electron chi connectivity index (χ1n) is 7.12. The molecule has 0 heterocycles. The highest BCUT2D eigenvalue weighted by molar-refractivity contribution is 6.57. The van der Waals surface area contributed by atoms with Crippen LogP contribution in [-0.2, 0) is 4.79 Å². The van der Waals surface area contributed by atoms with Crippen molar-refractivity contribution in [2.45, 2.75) is 46.7 Å². The predicted molar refractivity (Wildman–Crippen MR) is 86.5 cm³/mol. The Hall–Kier alpha value is -1.77. The van der Waals surface area contributed by atoms with Crippen LogP contribution < -0.4 is 5.32 Å². The van der Waals surface area contributed by atoms with E-state index in [1.54, 1.807) is 18.0 Å². The lowest BCUT2D eigenvalue weighted by Gasteiger charge is -2.37. The third-order valence-corrected chi connectivity index (χ3v) is 3.31. The third-order valence-electron chi connectivity index (χ3n) is 3.31. The van der Waals surface area contributed by atoms with Crippen LogP contribution in [0.2, 0.25) is 0 Å². The average Bonchev–Trinajstić information content (AvgIpc) is 2.33. The number of nitrogens with zero attached hydrogens (tertiary/aromatic N) is 2. The lowest BCUT2D eigenvalue weighted by atomic mass is 9.84. The predicted octanol–water partition coefficient (Wildman–Crippen LogP) is 1.31. The van der Waals surface area contributed by atoms with Crippen LogP contribution in [0.5, 0.6) is 0 Å². The highest BCUT2D eigenvalue weighted by Crippen LogP contribution is 2.23. The maximum absolute atomic E-state index is 12.7. The molecule has 0 aliphatic rings. The summed E-state index contributed by atoms with van der Waals surface area (Å²) in [7, 11) is 3.11. The molecule has 0 radical (unpaired) electrons. The average molecular weight is 291 g/mol. The monoisotopic (exact) mass is 291 g/mol. The Labute approximate surface area is 128 Å². The van der Waals surface area contributed by atoms with Gasteiger partial charge in [0, 0.05) is 13.1 Å². The minimum absolute atomic E-state index is 0.154. The largest absolute Gasteiger partial charge is 0.353 e. The quantitative estimate of drug-likeness (QED) is 0.613. The summed E-state index contributed by atoms with van der Waals surface area (Å²) < 4.78 is 0. The number of hydrogen-bond acceptors (Lipinski definition) is 3. The van der Waals surface area contributed by atoms with Gasteiger partial charge in [-0.3, -0.25) is 9.59 Å². The van der Waals surface area contributed by atoms with Crippen molar-refractivity contribution in [3.8, 4) is 6.07 Å². The Morgan fingerprint density at radius 3 is 2.19 bits per heavy atom. The van der Waals surface area contributed by atoms with Crippen molar-refractivity contribution in [1.82, 2.24) is 10.2 Å². The van der Waals surface area contributed by atoms with Gasteiger partial charge in [-0.25, -0.2) is 0 Å². The van der Waals surface area contributed by atoms with Crippen molar-refractivity contribution in [2.24, 2.45) is 11.3 Å². The SMILES string of the molecule is BC(=O)N[C@H](C(=O)N(C)[C@H](/C=C/C#N)C(C)C)C(C)(C)C. The molecule has 0 aromatic heterocycles. The molecular weight excluding hydrogens is 265 g/mol. The molecular formula is C15H26BN3O2. The molecule has 6 heteroatoms. The van der Waals surface area contributed by atoms with E-state index in [0.717, 1.165) is 0 Å². The minimum Gasteiger partial charge on any atom is -0.353 e. The molecule has 0 aromatic rings. The van der Waals surface area contributed by atoms with E-state index in [0.29, 0.717) is 0 Å². The van der Waals surface area contributed by atoms with Gasteiger partial charge in [-0.2, -0.15) is 5.26 Å². The van der Waals surface area contributed by atoms with Crippen LogP contribution in [0.25, 0.3) is 0 Å². The highest BCUT2D eigenvalue weighted by atomic mass is 16.2. The first-order valence-corrected chi connectivity index (χ1v) is 7.12. The van der Waals surface area contributed by atoms with Gasteiger partial charge in [-0.05, 0) is 11.3 Å². The van der Waals surface area contributed by atoms with Crippen LogP contribution in [0.15, 0.2) is 12.2 Å². The molecule has 116 valence electrons. The van der Waals surface area contributed by atoms with Crippen molar-refractivity contribution in [3.63, 3.8) is 0 Å². The summed E-state index contributed by atoms with van der Waals surface area (Å²) in [5.74, 6) is -0.217. The van der Waals surface area contributed by atoms with Gasteiger partial charge < -0.3 is 10.2 Å². The van der Waals surface area contributed by atoms with Crippen LogP contribution in [0.1, 0.15) is 34.6 Å². The summed E-state index contributed by atoms with van der Waals surface area (Å²) in [4.78, 5) is 25.7. The fourth-order valence-corrected chi connectivity index (χ4v) is 2.14. The van der Waals surface area contributed by atoms with Crippen molar-refractivity contribution >= 4 is 19.6 Å². The summed E-state index contributed by atoms with van der Waals surface area (Å²) in [6.07, 6.45) is 3.11. The van der Waals surface area contributed by atoms with E-state index in [4.69, 9.17) is 5.26 Å². The molecule has 0 spiro atoms. The summed E-state index contributed by atoms with van der Waals surface area (Å²) >= 11 is 0. The van der Waals surface area contributed by atoms with Gasteiger partial charge in [-0.15, -0.1) is 0 Å². The molecule has 0 aromatic carbocycles. The standard InChI is InChI=1S/C15H26BN3O2/c1-10(2)11(8-7-9-17)19(6)13(20)12(15(3,4)5)18-14(16)21/h7-8,10-12H,16H2,1-6H3,(H,18,21)/b8-7+/t11-,12-/m1/s1. The van der Waals surface area contributed by atoms with E-state index in [1.807, 2.05) is 40.7 Å². The molecule has 0 fully saturated rings. The van der Waals surface area contributed by atoms with Gasteiger partial charge in [0.25, 0.3) is 0 Å². The van der Waals surface area contributed by atoms with Gasteiger partial charge in [0.1, 0.15) is 6.04 Å². The number of nitrogens with one attached hydrogen (secondary N) is 1. The molecule has 0 rings (SSSR count). The summed E-state index contributed by atoms with van der Waals surface area (Å²) in [6, 6.07) is 1.17. The van der Waals surface area contributed by atoms with Gasteiger partial charge >= 0.3 is 0 Å². The second-order valence-corrected chi connectivity index (χ2v) is 6.67. The Kier molecular flexibility index (Phi) is 7.21. The lowest BCUT2D eigenvalue weighted by Crippen LogP contribution is -2.56. The van der Waals surface area contributed by atoms with Crippen molar-refractivity contribution in [3.05, 3.63) is 12.2 Å². The number of allylic oxidation sites excluding steroid dienone is 1. The lowest BCUT2D eigenvalue weighted by molar-refractivity contribution is -0.136. The summed E-state index contributed by atoms with van der Waals surface area (Å²) in [6.45, 7) is 9.71. The van der Waals surface area contributed by atoms with Gasteiger partial charge in [0.05, 0.1) is 12.1 Å². The van der Waals surface area contributed by atoms with Crippen molar-refractivity contribution in [2.75, 3.05) is 7.05 Å². The molecule has 0 bridgehead atoms. The second kappa shape index (κ2) is 7.87. The fraction of sp³-hybridized carbons (Fsp3) is 0.667. The van der Waals surface area contributed by atoms with Crippen molar-refractivity contribution in [1.29, 1.82) is 5.26 Å². The molecule has 2 amide bonds. The number of nitriles is 1. The molecule has 21 heavy (non-hydrogen) atoms. The Bertz CT molecular complexity index is 447. The third kappa shape index (κ3) is 6.03. The Morgan fingerprint density at radius 2 is 1.86 bits per heavy atom. The smallest absolute Gasteiger partial charge is 0.245 e. The minimum atomic E-state index is -0.600. The normalized spacial score (nSPS) is 14.6. The molecule has 0 aliphatic heterocycles. The number of amides is 2. The first-order chi connectivity index (χ1) is 9.52. The van der Waals surface area contributed by atoms with Gasteiger partial charge in [-0.1, -0.05) is 40.7 Å². The van der Waals surface area contributed by atoms with E-state index < -0.39 is 11.5 Å². The van der Waals surface area contributed by atoms with E-state index in [1.165, 1.54) is 13.9 Å². The molecule has 0 aliphatic carbocycles. The Balaban J connectivity index is 5.36. The van der Waals surface area contributed by atoms with Crippen LogP contribution >= 0.6 is 0 Å². The summed E-state index contributed by atoms with van der Waals surface area (Å²) in [5.41, 5.74) is -0.391. The van der Waals surface area contributed by atoms with E-state index in [-0.39, 0.29) is 23.7 Å². The molecule has 1 N–H and O–H groups in total. The molecule has 0 unspecified atom stereocenters. The summed E-state index contributed by atoms with van der Waals surface area (Å²) in [5, 5.41) is 11.4. The van der Waals surface area contributed by atoms with E-state index in [9.17, 15) is 9.59 Å². The number of carbonyl (C=O) groups excluding carboxylic acids is 2. The van der Waals surface area contributed by atoms with E-state index >= 15 is 0 Å². The number of carbonyl (C=O) groups is 2. The molecule has 5 nitrogen and oxygen atoms in total. The zero-order valence-corrected chi connectivity index (χ0v) is 14.1. The van der Waals surface area contributed by atoms with Crippen LogP contribution in [0.3, 0.4) is 0 Å². The van der Waals surface area contributed by atoms with Crippen LogP contribution in [0.4, 0.5) is 4.79 Å².